The number of nitrogens with one attached hydrogen (secondary N) is 2. The molecule has 1 saturated heterocycles. The lowest BCUT2D eigenvalue weighted by Gasteiger charge is -2.21. The first kappa shape index (κ1) is 21.7. The summed E-state index contributed by atoms with van der Waals surface area (Å²) in [5.41, 5.74) is 5.82. The van der Waals surface area contributed by atoms with E-state index in [-0.39, 0.29) is 6.04 Å². The highest BCUT2D eigenvalue weighted by atomic mass is 32.2. The summed E-state index contributed by atoms with van der Waals surface area (Å²) in [5, 5.41) is 6.11. The Labute approximate surface area is 193 Å². The number of fused-ring (bicyclic) bond motifs is 2. The molecule has 2 heterocycles. The molecule has 0 bridgehead atoms. The van der Waals surface area contributed by atoms with E-state index < -0.39 is 16.1 Å². The van der Waals surface area contributed by atoms with E-state index in [4.69, 9.17) is 0 Å². The quantitative estimate of drug-likeness (QED) is 0.656. The van der Waals surface area contributed by atoms with Gasteiger partial charge < -0.3 is 5.32 Å². The Morgan fingerprint density at radius 1 is 1.12 bits per heavy atom. The lowest BCUT2D eigenvalue weighted by atomic mass is 9.99. The fourth-order valence-electron chi connectivity index (χ4n) is 5.33. The zero-order chi connectivity index (χ0) is 22.1. The predicted molar refractivity (Wildman–Crippen MR) is 128 cm³/mol. The number of anilines is 1. The van der Waals surface area contributed by atoms with E-state index in [9.17, 15) is 13.2 Å². The summed E-state index contributed by atoms with van der Waals surface area (Å²) >= 11 is 1.71. The van der Waals surface area contributed by atoms with Crippen LogP contribution in [0, 0.1) is 0 Å². The van der Waals surface area contributed by atoms with Gasteiger partial charge in [-0.15, -0.1) is 11.3 Å². The van der Waals surface area contributed by atoms with Crippen molar-refractivity contribution < 1.29 is 13.2 Å². The van der Waals surface area contributed by atoms with Gasteiger partial charge in [0.15, 0.2) is 0 Å². The van der Waals surface area contributed by atoms with Crippen LogP contribution in [-0.4, -0.2) is 31.9 Å². The molecule has 1 aromatic carbocycles. The zero-order valence-electron chi connectivity index (χ0n) is 18.1. The van der Waals surface area contributed by atoms with E-state index in [1.807, 2.05) is 6.07 Å². The molecule has 0 radical (unpaired) electrons. The fourth-order valence-corrected chi connectivity index (χ4v) is 6.83. The molecule has 8 heteroatoms. The number of likely N-dealkylation sites (tertiary alicyclic amines) is 1. The molecule has 0 unspecified atom stereocenters. The number of rotatable bonds is 6. The second kappa shape index (κ2) is 9.00. The molecule has 2 amide bonds. The van der Waals surface area contributed by atoms with Gasteiger partial charge in [-0.1, -0.05) is 18.2 Å². The minimum Gasteiger partial charge on any atom is -0.307 e. The number of hydrogen-bond acceptors (Lipinski definition) is 5. The van der Waals surface area contributed by atoms with Gasteiger partial charge in [0.1, 0.15) is 0 Å². The zero-order valence-corrected chi connectivity index (χ0v) is 19.7. The van der Waals surface area contributed by atoms with Gasteiger partial charge in [-0.2, -0.15) is 0 Å². The first-order chi connectivity index (χ1) is 15.5. The van der Waals surface area contributed by atoms with E-state index in [0.717, 1.165) is 75.6 Å². The summed E-state index contributed by atoms with van der Waals surface area (Å²) in [6.45, 7) is 1.77. The summed E-state index contributed by atoms with van der Waals surface area (Å²) in [6.07, 6.45) is 9.78. The lowest BCUT2D eigenvalue weighted by Crippen LogP contribution is -2.34. The molecule has 0 saturated carbocycles. The molecule has 1 aromatic heterocycles. The first-order valence-corrected chi connectivity index (χ1v) is 13.9. The van der Waals surface area contributed by atoms with Crippen LogP contribution < -0.4 is 10.0 Å². The van der Waals surface area contributed by atoms with Gasteiger partial charge in [0.2, 0.25) is 0 Å². The molecule has 32 heavy (non-hydrogen) atoms. The Balaban J connectivity index is 1.25. The van der Waals surface area contributed by atoms with E-state index in [2.05, 4.69) is 32.5 Å². The summed E-state index contributed by atoms with van der Waals surface area (Å²) < 4.78 is 27.4. The van der Waals surface area contributed by atoms with Crippen LogP contribution in [0.1, 0.15) is 52.8 Å². The minimum absolute atomic E-state index is 0.0670. The second-order valence-corrected chi connectivity index (χ2v) is 11.5. The molecule has 2 aromatic rings. The molecule has 2 aliphatic carbocycles. The first-order valence-electron chi connectivity index (χ1n) is 11.4. The second-order valence-electron chi connectivity index (χ2n) is 8.92. The normalized spacial score (nSPS) is 20.6. The third-order valence-corrected chi connectivity index (χ3v) is 8.63. The van der Waals surface area contributed by atoms with Crippen molar-refractivity contribution in [1.82, 2.24) is 9.62 Å². The van der Waals surface area contributed by atoms with Crippen molar-refractivity contribution in [3.05, 3.63) is 62.2 Å². The minimum atomic E-state index is -3.87. The third-order valence-electron chi connectivity index (χ3n) is 6.78. The number of thiophene rings is 1. The van der Waals surface area contributed by atoms with Crippen molar-refractivity contribution in [2.75, 3.05) is 11.9 Å². The number of benzene rings is 1. The van der Waals surface area contributed by atoms with Crippen LogP contribution in [0.2, 0.25) is 0 Å². The van der Waals surface area contributed by atoms with Crippen molar-refractivity contribution in [3.8, 4) is 0 Å². The fraction of sp³-hybridized carbons (Fsp3) is 0.458. The van der Waals surface area contributed by atoms with Gasteiger partial charge in [0.05, 0.1) is 0 Å². The number of carbonyl (C=O) groups is 1. The molecular weight excluding hydrogens is 442 g/mol. The van der Waals surface area contributed by atoms with Gasteiger partial charge in [0, 0.05) is 28.6 Å². The molecule has 0 spiro atoms. The van der Waals surface area contributed by atoms with Crippen LogP contribution in [0.3, 0.4) is 0 Å². The van der Waals surface area contributed by atoms with Crippen LogP contribution in [0.15, 0.2) is 35.1 Å². The Hall–Kier alpha value is -2.16. The number of sulfonamides is 1. The van der Waals surface area contributed by atoms with Crippen molar-refractivity contribution in [2.24, 2.45) is 0 Å². The molecule has 1 atom stereocenters. The van der Waals surface area contributed by atoms with Crippen molar-refractivity contribution in [2.45, 2.75) is 64.0 Å². The van der Waals surface area contributed by atoms with Gasteiger partial charge in [0.25, 0.3) is 10.0 Å². The van der Waals surface area contributed by atoms with Gasteiger partial charge in [-0.3, -0.25) is 4.90 Å². The number of aryl methyl sites for hydroxylation is 2. The number of amides is 2. The highest BCUT2D eigenvalue weighted by molar-refractivity contribution is 7.92. The summed E-state index contributed by atoms with van der Waals surface area (Å²) in [7, 11) is -3.87. The molecule has 3 aliphatic rings. The highest BCUT2D eigenvalue weighted by Crippen LogP contribution is 2.38. The van der Waals surface area contributed by atoms with Gasteiger partial charge in [-0.25, -0.2) is 17.9 Å². The number of carbonyl (C=O) groups excluding carboxylic acids is 1. The molecule has 1 fully saturated rings. The van der Waals surface area contributed by atoms with Gasteiger partial charge in [-0.05, 0) is 91.6 Å². The highest BCUT2D eigenvalue weighted by Gasteiger charge is 2.26. The number of nitrogens with zero attached hydrogens (tertiary/aromatic N) is 1. The van der Waals surface area contributed by atoms with E-state index in [1.54, 1.807) is 17.4 Å². The molecule has 5 rings (SSSR count). The standard InChI is InChI=1S/C24H29N3O3S2/c28-24(25-23-21-9-1-5-17(21)15-18-6-2-10-22(18)23)26-32(29,30)14-11-19-7-3-12-27(19)16-20-8-4-13-31-20/h4,8,11,13-15,19H,1-3,5-7,9-10,12,16H2,(H2,25,26,28)/b14-11+/t19-/m0/s1. The average Bonchev–Trinajstić information content (AvgIpc) is 3.54. The maximum Gasteiger partial charge on any atom is 0.333 e. The molecule has 6 nitrogen and oxygen atoms in total. The summed E-state index contributed by atoms with van der Waals surface area (Å²) in [4.78, 5) is 16.2. The van der Waals surface area contributed by atoms with E-state index >= 15 is 0 Å². The molecule has 1 aliphatic heterocycles. The predicted octanol–water partition coefficient (Wildman–Crippen LogP) is 4.36. The SMILES string of the molecule is O=C(Nc1c2c(cc3c1CCC3)CCC2)NS(=O)(=O)/C=C/[C@@H]1CCCN1Cc1cccs1. The van der Waals surface area contributed by atoms with Crippen molar-refractivity contribution >= 4 is 33.1 Å². The number of hydrogen-bond donors (Lipinski definition) is 2. The van der Waals surface area contributed by atoms with Crippen molar-refractivity contribution in [3.63, 3.8) is 0 Å². The Bertz CT molecular complexity index is 1110. The topological polar surface area (TPSA) is 78.5 Å². The third kappa shape index (κ3) is 4.63. The van der Waals surface area contributed by atoms with E-state index in [0.29, 0.717) is 0 Å². The van der Waals surface area contributed by atoms with Crippen LogP contribution in [0.25, 0.3) is 0 Å². The maximum atomic E-state index is 12.7. The van der Waals surface area contributed by atoms with Gasteiger partial charge >= 0.3 is 6.03 Å². The average molecular weight is 472 g/mol. The number of urea groups is 1. The maximum absolute atomic E-state index is 12.7. The Morgan fingerprint density at radius 3 is 2.56 bits per heavy atom. The van der Waals surface area contributed by atoms with Crippen LogP contribution in [0.5, 0.6) is 0 Å². The Kier molecular flexibility index (Phi) is 6.09. The monoisotopic (exact) mass is 471 g/mol. The van der Waals surface area contributed by atoms with Crippen LogP contribution >= 0.6 is 11.3 Å². The smallest absolute Gasteiger partial charge is 0.307 e. The van der Waals surface area contributed by atoms with Crippen LogP contribution in [-0.2, 0) is 42.3 Å². The molecule has 2 N–H and O–H groups in total. The lowest BCUT2D eigenvalue weighted by molar-refractivity contribution is 0.256. The van der Waals surface area contributed by atoms with E-state index in [1.165, 1.54) is 27.1 Å². The largest absolute Gasteiger partial charge is 0.333 e. The van der Waals surface area contributed by atoms with Crippen LogP contribution in [0.4, 0.5) is 10.5 Å². The molecule has 170 valence electrons. The van der Waals surface area contributed by atoms with Crippen molar-refractivity contribution in [1.29, 1.82) is 0 Å². The summed E-state index contributed by atoms with van der Waals surface area (Å²) in [6, 6.07) is 5.81. The molecular formula is C24H29N3O3S2. The summed E-state index contributed by atoms with van der Waals surface area (Å²) in [5.74, 6) is 0. The Morgan fingerprint density at radius 2 is 1.88 bits per heavy atom.